The van der Waals surface area contributed by atoms with Crippen molar-refractivity contribution in [1.82, 2.24) is 0 Å². The third kappa shape index (κ3) is 2.81. The lowest BCUT2D eigenvalue weighted by Crippen LogP contribution is -2.09. The monoisotopic (exact) mass is 264 g/mol. The molecule has 0 fully saturated rings. The first-order valence-electron chi connectivity index (χ1n) is 5.18. The van der Waals surface area contributed by atoms with Crippen LogP contribution in [0.3, 0.4) is 0 Å². The Balaban J connectivity index is 2.27. The summed E-state index contributed by atoms with van der Waals surface area (Å²) in [5, 5.41) is 2.78. The first-order valence-corrected chi connectivity index (χ1v) is 5.59. The van der Waals surface area contributed by atoms with Crippen LogP contribution in [0.15, 0.2) is 42.5 Å². The van der Waals surface area contributed by atoms with E-state index in [1.165, 1.54) is 24.3 Å². The predicted octanol–water partition coefficient (Wildman–Crippen LogP) is 3.34. The van der Waals surface area contributed by atoms with Crippen molar-refractivity contribution in [2.24, 2.45) is 5.73 Å². The van der Waals surface area contributed by atoms with E-state index >= 15 is 0 Å². The van der Waals surface area contributed by atoms with Crippen molar-refractivity contribution >= 4 is 28.6 Å². The second-order valence-corrected chi connectivity index (χ2v) is 4.13. The van der Waals surface area contributed by atoms with Gasteiger partial charge in [-0.15, -0.1) is 0 Å². The number of nitrogens with two attached hydrogens (primary N) is 1. The Morgan fingerprint density at radius 2 is 1.89 bits per heavy atom. The minimum absolute atomic E-state index is 0.131. The lowest BCUT2D eigenvalue weighted by atomic mass is 10.2. The second kappa shape index (κ2) is 5.10. The Hall–Kier alpha value is -2.01. The maximum atomic E-state index is 13.7. The fourth-order valence-corrected chi connectivity index (χ4v) is 1.62. The van der Waals surface area contributed by atoms with E-state index < -0.39 is 5.82 Å². The van der Waals surface area contributed by atoms with Gasteiger partial charge in [0.1, 0.15) is 16.6 Å². The second-order valence-electron chi connectivity index (χ2n) is 3.69. The van der Waals surface area contributed by atoms with Crippen LogP contribution in [0, 0.1) is 11.6 Å². The highest BCUT2D eigenvalue weighted by Gasteiger charge is 2.05. The first-order chi connectivity index (χ1) is 8.56. The van der Waals surface area contributed by atoms with Gasteiger partial charge in [-0.2, -0.15) is 0 Å². The van der Waals surface area contributed by atoms with Crippen molar-refractivity contribution in [3.8, 4) is 0 Å². The summed E-state index contributed by atoms with van der Waals surface area (Å²) in [7, 11) is 0. The van der Waals surface area contributed by atoms with Crippen LogP contribution in [0.4, 0.5) is 20.2 Å². The molecule has 0 heterocycles. The van der Waals surface area contributed by atoms with Crippen molar-refractivity contribution in [2.45, 2.75) is 0 Å². The molecule has 92 valence electrons. The van der Waals surface area contributed by atoms with E-state index in [0.29, 0.717) is 11.3 Å². The lowest BCUT2D eigenvalue weighted by Gasteiger charge is -2.08. The quantitative estimate of drug-likeness (QED) is 0.835. The van der Waals surface area contributed by atoms with E-state index in [-0.39, 0.29) is 16.5 Å². The van der Waals surface area contributed by atoms with Crippen LogP contribution < -0.4 is 11.1 Å². The highest BCUT2D eigenvalue weighted by atomic mass is 32.1. The van der Waals surface area contributed by atoms with Crippen molar-refractivity contribution < 1.29 is 8.78 Å². The van der Waals surface area contributed by atoms with Crippen LogP contribution in [0.1, 0.15) is 5.56 Å². The zero-order valence-electron chi connectivity index (χ0n) is 9.28. The fraction of sp³-hybridized carbons (Fsp3) is 0. The number of hydrogen-bond donors (Lipinski definition) is 2. The molecule has 0 bridgehead atoms. The molecule has 0 unspecified atom stereocenters. The minimum atomic E-state index is -0.496. The lowest BCUT2D eigenvalue weighted by molar-refractivity contribution is 0.627. The molecule has 2 rings (SSSR count). The molecular weight excluding hydrogens is 254 g/mol. The average Bonchev–Trinajstić information content (AvgIpc) is 2.31. The molecule has 0 atom stereocenters. The minimum Gasteiger partial charge on any atom is -0.389 e. The standard InChI is InChI=1S/C13H10F2N2S/c14-9-2-1-3-10(7-9)17-12-5-4-8(13(16)18)6-11(12)15/h1-7,17H,(H2,16,18). The zero-order chi connectivity index (χ0) is 13.1. The van der Waals surface area contributed by atoms with Crippen molar-refractivity contribution in [3.63, 3.8) is 0 Å². The van der Waals surface area contributed by atoms with Crippen molar-refractivity contribution in [2.75, 3.05) is 5.32 Å². The summed E-state index contributed by atoms with van der Waals surface area (Å²) < 4.78 is 26.7. The number of rotatable bonds is 3. The van der Waals surface area contributed by atoms with E-state index in [1.54, 1.807) is 18.2 Å². The molecule has 5 heteroatoms. The van der Waals surface area contributed by atoms with Crippen molar-refractivity contribution in [1.29, 1.82) is 0 Å². The van der Waals surface area contributed by atoms with E-state index in [0.717, 1.165) is 0 Å². The van der Waals surface area contributed by atoms with Crippen LogP contribution in [0.5, 0.6) is 0 Å². The third-order valence-corrected chi connectivity index (χ3v) is 2.59. The molecule has 2 aromatic carbocycles. The van der Waals surface area contributed by atoms with Crippen LogP contribution in [-0.4, -0.2) is 4.99 Å². The van der Waals surface area contributed by atoms with E-state index in [2.05, 4.69) is 5.32 Å². The SMILES string of the molecule is NC(=S)c1ccc(Nc2cccc(F)c2)c(F)c1. The van der Waals surface area contributed by atoms with Gasteiger partial charge in [-0.05, 0) is 36.4 Å². The summed E-state index contributed by atoms with van der Waals surface area (Å²) in [6.07, 6.45) is 0. The van der Waals surface area contributed by atoms with Crippen LogP contribution in [0.25, 0.3) is 0 Å². The van der Waals surface area contributed by atoms with Gasteiger partial charge in [0.05, 0.1) is 5.69 Å². The third-order valence-electron chi connectivity index (χ3n) is 2.36. The van der Waals surface area contributed by atoms with Gasteiger partial charge in [0.15, 0.2) is 0 Å². The molecule has 3 N–H and O–H groups in total. The number of benzene rings is 2. The molecule has 0 aliphatic heterocycles. The Bertz CT molecular complexity index is 599. The molecule has 0 saturated carbocycles. The molecule has 2 nitrogen and oxygen atoms in total. The molecule has 0 aliphatic rings. The van der Waals surface area contributed by atoms with Gasteiger partial charge in [0.25, 0.3) is 0 Å². The first kappa shape index (κ1) is 12.4. The molecule has 0 radical (unpaired) electrons. The van der Waals surface area contributed by atoms with Crippen LogP contribution >= 0.6 is 12.2 Å². The topological polar surface area (TPSA) is 38.0 Å². The smallest absolute Gasteiger partial charge is 0.147 e. The maximum Gasteiger partial charge on any atom is 0.147 e. The summed E-state index contributed by atoms with van der Waals surface area (Å²) in [6, 6.07) is 10.1. The van der Waals surface area contributed by atoms with Gasteiger partial charge in [-0.1, -0.05) is 18.3 Å². The molecule has 0 amide bonds. The molecule has 0 aliphatic carbocycles. The number of nitrogens with one attached hydrogen (secondary N) is 1. The summed E-state index contributed by atoms with van der Waals surface area (Å²) in [5.41, 5.74) is 6.56. The predicted molar refractivity (Wildman–Crippen MR) is 72.0 cm³/mol. The zero-order valence-corrected chi connectivity index (χ0v) is 10.1. The van der Waals surface area contributed by atoms with Gasteiger partial charge >= 0.3 is 0 Å². The highest BCUT2D eigenvalue weighted by Crippen LogP contribution is 2.21. The number of thiocarbonyl (C=S) groups is 1. The number of anilines is 2. The van der Waals surface area contributed by atoms with Gasteiger partial charge < -0.3 is 11.1 Å². The molecule has 18 heavy (non-hydrogen) atoms. The van der Waals surface area contributed by atoms with E-state index in [1.807, 2.05) is 0 Å². The van der Waals surface area contributed by atoms with Crippen molar-refractivity contribution in [3.05, 3.63) is 59.7 Å². The number of halogens is 2. The summed E-state index contributed by atoms with van der Waals surface area (Å²) >= 11 is 4.75. The fourth-order valence-electron chi connectivity index (χ4n) is 1.49. The maximum absolute atomic E-state index is 13.7. The summed E-state index contributed by atoms with van der Waals surface area (Å²) in [4.78, 5) is 0.131. The summed E-state index contributed by atoms with van der Waals surface area (Å²) in [5.74, 6) is -0.885. The van der Waals surface area contributed by atoms with Gasteiger partial charge in [-0.3, -0.25) is 0 Å². The van der Waals surface area contributed by atoms with Crippen LogP contribution in [-0.2, 0) is 0 Å². The molecule has 0 saturated heterocycles. The van der Waals surface area contributed by atoms with Crippen LogP contribution in [0.2, 0.25) is 0 Å². The van der Waals surface area contributed by atoms with Gasteiger partial charge in [0, 0.05) is 11.3 Å². The Morgan fingerprint density at radius 3 is 2.50 bits per heavy atom. The van der Waals surface area contributed by atoms with Gasteiger partial charge in [-0.25, -0.2) is 8.78 Å². The Kier molecular flexibility index (Phi) is 3.53. The average molecular weight is 264 g/mol. The highest BCUT2D eigenvalue weighted by molar-refractivity contribution is 7.80. The van der Waals surface area contributed by atoms with E-state index in [9.17, 15) is 8.78 Å². The number of hydrogen-bond acceptors (Lipinski definition) is 2. The largest absolute Gasteiger partial charge is 0.389 e. The molecule has 0 spiro atoms. The molecule has 0 aromatic heterocycles. The Morgan fingerprint density at radius 1 is 1.11 bits per heavy atom. The summed E-state index contributed by atoms with van der Waals surface area (Å²) in [6.45, 7) is 0. The molecule has 2 aromatic rings. The Labute approximate surface area is 108 Å². The van der Waals surface area contributed by atoms with E-state index in [4.69, 9.17) is 18.0 Å². The molecular formula is C13H10F2N2S. The van der Waals surface area contributed by atoms with Gasteiger partial charge in [0.2, 0.25) is 0 Å². The normalized spacial score (nSPS) is 10.1.